The first-order chi connectivity index (χ1) is 12.4. The van der Waals surface area contributed by atoms with Crippen molar-refractivity contribution in [2.75, 3.05) is 33.3 Å². The molecule has 0 radical (unpaired) electrons. The van der Waals surface area contributed by atoms with Crippen LogP contribution in [0.25, 0.3) is 0 Å². The summed E-state index contributed by atoms with van der Waals surface area (Å²) < 4.78 is 7.47. The third-order valence-corrected chi connectivity index (χ3v) is 5.21. The second kappa shape index (κ2) is 11.2. The van der Waals surface area contributed by atoms with Gasteiger partial charge in [0.05, 0.1) is 5.60 Å². The van der Waals surface area contributed by atoms with E-state index in [0.29, 0.717) is 19.1 Å². The maximum absolute atomic E-state index is 5.51. The number of ether oxygens (including phenoxy) is 1. The van der Waals surface area contributed by atoms with Gasteiger partial charge in [-0.25, -0.2) is 4.99 Å². The third kappa shape index (κ3) is 7.19. The summed E-state index contributed by atoms with van der Waals surface area (Å²) in [6.07, 6.45) is 2.51. The van der Waals surface area contributed by atoms with Crippen molar-refractivity contribution in [2.24, 2.45) is 12.0 Å². The van der Waals surface area contributed by atoms with Crippen molar-refractivity contribution in [2.45, 2.75) is 58.7 Å². The topological polar surface area (TPSA) is 79.6 Å². The molecule has 1 aromatic rings. The molecule has 1 unspecified atom stereocenters. The van der Waals surface area contributed by atoms with Gasteiger partial charge in [-0.2, -0.15) is 0 Å². The van der Waals surface area contributed by atoms with E-state index in [1.54, 1.807) is 7.11 Å². The number of aliphatic imine (C=N–C) groups is 1. The monoisotopic (exact) mass is 493 g/mol. The Morgan fingerprint density at radius 3 is 2.67 bits per heavy atom. The van der Waals surface area contributed by atoms with Crippen molar-refractivity contribution in [3.05, 3.63) is 11.6 Å². The lowest BCUT2D eigenvalue weighted by molar-refractivity contribution is 0.0268. The predicted octanol–water partition coefficient (Wildman–Crippen LogP) is 1.69. The van der Waals surface area contributed by atoms with Crippen LogP contribution in [0.4, 0.5) is 0 Å². The highest BCUT2D eigenvalue weighted by Crippen LogP contribution is 2.15. The van der Waals surface area contributed by atoms with Crippen LogP contribution in [-0.2, 0) is 18.3 Å². The molecule has 27 heavy (non-hydrogen) atoms. The summed E-state index contributed by atoms with van der Waals surface area (Å²) >= 11 is 0. The predicted molar refractivity (Wildman–Crippen MR) is 120 cm³/mol. The fraction of sp³-hybridized carbons (Fsp3) is 0.833. The molecule has 1 aliphatic rings. The molecule has 2 heterocycles. The fourth-order valence-electron chi connectivity index (χ4n) is 3.04. The van der Waals surface area contributed by atoms with Crippen molar-refractivity contribution in [3.8, 4) is 0 Å². The molecule has 1 fully saturated rings. The summed E-state index contributed by atoms with van der Waals surface area (Å²) in [5.74, 6) is 2.53. The summed E-state index contributed by atoms with van der Waals surface area (Å²) in [6.45, 7) is 12.6. The molecule has 0 spiro atoms. The number of methoxy groups -OCH3 is 1. The van der Waals surface area contributed by atoms with Crippen LogP contribution in [0, 0.1) is 6.92 Å². The first-order valence-corrected chi connectivity index (χ1v) is 9.52. The van der Waals surface area contributed by atoms with Crippen LogP contribution in [0.3, 0.4) is 0 Å². The molecule has 0 saturated carbocycles. The molecule has 0 amide bonds. The Bertz CT molecular complexity index is 603. The largest absolute Gasteiger partial charge is 0.377 e. The van der Waals surface area contributed by atoms with Crippen molar-refractivity contribution < 1.29 is 4.74 Å². The van der Waals surface area contributed by atoms with E-state index in [0.717, 1.165) is 30.7 Å². The van der Waals surface area contributed by atoms with E-state index < -0.39 is 0 Å². The third-order valence-electron chi connectivity index (χ3n) is 5.21. The number of aryl methyl sites for hydroxylation is 1. The summed E-state index contributed by atoms with van der Waals surface area (Å²) in [5.41, 5.74) is -0.257. The Kier molecular flexibility index (Phi) is 9.96. The minimum absolute atomic E-state index is 0. The Balaban J connectivity index is 0.00000364. The van der Waals surface area contributed by atoms with Gasteiger partial charge in [-0.1, -0.05) is 6.92 Å². The average Bonchev–Trinajstić information content (AvgIpc) is 3.21. The van der Waals surface area contributed by atoms with Gasteiger partial charge < -0.3 is 19.9 Å². The van der Waals surface area contributed by atoms with Crippen molar-refractivity contribution >= 4 is 29.9 Å². The molecule has 1 aromatic heterocycles. The van der Waals surface area contributed by atoms with Gasteiger partial charge >= 0.3 is 0 Å². The Labute approximate surface area is 180 Å². The fourth-order valence-corrected chi connectivity index (χ4v) is 3.04. The summed E-state index contributed by atoms with van der Waals surface area (Å²) in [4.78, 5) is 7.24. The van der Waals surface area contributed by atoms with Crippen LogP contribution < -0.4 is 10.6 Å². The molecule has 1 saturated heterocycles. The smallest absolute Gasteiger partial charge is 0.191 e. The highest BCUT2D eigenvalue weighted by Gasteiger charge is 2.23. The molecular weight excluding hydrogens is 457 g/mol. The molecule has 8 nitrogen and oxygen atoms in total. The number of hydrogen-bond acceptors (Lipinski definition) is 5. The van der Waals surface area contributed by atoms with Gasteiger partial charge in [0.25, 0.3) is 0 Å². The van der Waals surface area contributed by atoms with Gasteiger partial charge in [-0.05, 0) is 46.7 Å². The number of nitrogens with zero attached hydrogens (tertiary/aromatic N) is 5. The number of aromatic nitrogens is 3. The van der Waals surface area contributed by atoms with E-state index in [9.17, 15) is 0 Å². The van der Waals surface area contributed by atoms with E-state index in [1.165, 1.54) is 19.4 Å². The lowest BCUT2D eigenvalue weighted by Gasteiger charge is -2.27. The first-order valence-electron chi connectivity index (χ1n) is 9.52. The molecule has 1 aliphatic heterocycles. The molecule has 0 aliphatic carbocycles. The van der Waals surface area contributed by atoms with E-state index in [2.05, 4.69) is 46.5 Å². The molecule has 0 bridgehead atoms. The zero-order valence-electron chi connectivity index (χ0n) is 17.6. The number of nitrogens with one attached hydrogen (secondary N) is 2. The van der Waals surface area contributed by atoms with Gasteiger partial charge in [0.1, 0.15) is 12.4 Å². The number of guanidine groups is 1. The van der Waals surface area contributed by atoms with Crippen LogP contribution in [-0.4, -0.2) is 70.6 Å². The number of likely N-dealkylation sites (tertiary alicyclic amines) is 1. The Morgan fingerprint density at radius 1 is 1.33 bits per heavy atom. The second-order valence-corrected chi connectivity index (χ2v) is 7.51. The lowest BCUT2D eigenvalue weighted by Crippen LogP contribution is -2.48. The van der Waals surface area contributed by atoms with Crippen molar-refractivity contribution in [1.29, 1.82) is 0 Å². The SMILES string of the molecule is CCN1CCCC1CNC(=NCc1nnc(C)n1C)NCC(C)(C)OC.I. The van der Waals surface area contributed by atoms with Crippen LogP contribution in [0.15, 0.2) is 4.99 Å². The van der Waals surface area contributed by atoms with E-state index in [4.69, 9.17) is 9.73 Å². The van der Waals surface area contributed by atoms with Crippen LogP contribution in [0.5, 0.6) is 0 Å². The molecule has 9 heteroatoms. The quantitative estimate of drug-likeness (QED) is 0.326. The van der Waals surface area contributed by atoms with Crippen molar-refractivity contribution in [1.82, 2.24) is 30.3 Å². The molecule has 0 aromatic carbocycles. The Hall–Kier alpha value is -0.940. The minimum Gasteiger partial charge on any atom is -0.377 e. The van der Waals surface area contributed by atoms with Crippen LogP contribution in [0.2, 0.25) is 0 Å². The molecule has 2 N–H and O–H groups in total. The van der Waals surface area contributed by atoms with E-state index in [1.807, 2.05) is 18.5 Å². The number of likely N-dealkylation sites (N-methyl/N-ethyl adjacent to an activating group) is 1. The van der Waals surface area contributed by atoms with Gasteiger partial charge in [-0.15, -0.1) is 34.2 Å². The maximum atomic E-state index is 5.51. The highest BCUT2D eigenvalue weighted by molar-refractivity contribution is 14.0. The molecule has 1 atom stereocenters. The molecular formula is C18H36IN7O. The lowest BCUT2D eigenvalue weighted by atomic mass is 10.1. The van der Waals surface area contributed by atoms with E-state index >= 15 is 0 Å². The normalized spacial score (nSPS) is 18.4. The zero-order chi connectivity index (χ0) is 19.2. The Morgan fingerprint density at radius 2 is 2.07 bits per heavy atom. The maximum Gasteiger partial charge on any atom is 0.191 e. The number of hydrogen-bond donors (Lipinski definition) is 2. The molecule has 156 valence electrons. The van der Waals surface area contributed by atoms with Gasteiger partial charge in [0.2, 0.25) is 0 Å². The summed E-state index contributed by atoms with van der Waals surface area (Å²) in [7, 11) is 3.69. The highest BCUT2D eigenvalue weighted by atomic mass is 127. The first kappa shape index (κ1) is 24.1. The van der Waals surface area contributed by atoms with Gasteiger partial charge in [0.15, 0.2) is 11.8 Å². The number of rotatable bonds is 8. The van der Waals surface area contributed by atoms with Gasteiger partial charge in [-0.3, -0.25) is 4.90 Å². The standard InChI is InChI=1S/C18H35N7O.HI/c1-7-25-10-8-9-15(25)11-19-17(21-13-18(3,4)26-6)20-12-16-23-22-14(2)24(16)5;/h15H,7-13H2,1-6H3,(H2,19,20,21);1H. The van der Waals surface area contributed by atoms with Gasteiger partial charge in [0, 0.05) is 33.3 Å². The average molecular weight is 493 g/mol. The minimum atomic E-state index is -0.257. The van der Waals surface area contributed by atoms with Crippen LogP contribution >= 0.6 is 24.0 Å². The summed E-state index contributed by atoms with van der Waals surface area (Å²) in [5, 5.41) is 15.2. The zero-order valence-corrected chi connectivity index (χ0v) is 19.9. The second-order valence-electron chi connectivity index (χ2n) is 7.51. The summed E-state index contributed by atoms with van der Waals surface area (Å²) in [6, 6.07) is 0.569. The molecule has 2 rings (SSSR count). The number of halogens is 1. The van der Waals surface area contributed by atoms with Crippen LogP contribution in [0.1, 0.15) is 45.3 Å². The van der Waals surface area contributed by atoms with E-state index in [-0.39, 0.29) is 29.6 Å². The van der Waals surface area contributed by atoms with Crippen molar-refractivity contribution in [3.63, 3.8) is 0 Å².